The standard InChI is InChI=1S/C20H29F3N4O/c1-5-17(28)27-10-9-16(12-27)26-18(24-4)25-13-19(2,3)14-7-6-8-15(11-14)20(21,22)23/h6-8,11,16H,5,9-10,12-13H2,1-4H3,(H2,24,25,26). The first kappa shape index (κ1) is 22.0. The smallest absolute Gasteiger partial charge is 0.356 e. The molecule has 0 saturated carbocycles. The first-order valence-electron chi connectivity index (χ1n) is 9.49. The van der Waals surface area contributed by atoms with Crippen molar-refractivity contribution in [1.29, 1.82) is 0 Å². The maximum absolute atomic E-state index is 13.0. The number of rotatable bonds is 5. The lowest BCUT2D eigenvalue weighted by Crippen LogP contribution is -2.48. The minimum absolute atomic E-state index is 0.110. The van der Waals surface area contributed by atoms with Crippen molar-refractivity contribution in [3.8, 4) is 0 Å². The molecule has 0 spiro atoms. The summed E-state index contributed by atoms with van der Waals surface area (Å²) in [5, 5.41) is 6.50. The van der Waals surface area contributed by atoms with Crippen LogP contribution < -0.4 is 10.6 Å². The number of carbonyl (C=O) groups is 1. The maximum Gasteiger partial charge on any atom is 0.416 e. The summed E-state index contributed by atoms with van der Waals surface area (Å²) in [5.74, 6) is 0.716. The Hall–Kier alpha value is -2.25. The predicted molar refractivity (Wildman–Crippen MR) is 104 cm³/mol. The summed E-state index contributed by atoms with van der Waals surface area (Å²) in [5.41, 5.74) is -0.572. The Kier molecular flexibility index (Phi) is 6.96. The Labute approximate surface area is 164 Å². The average molecular weight is 398 g/mol. The monoisotopic (exact) mass is 398 g/mol. The highest BCUT2D eigenvalue weighted by atomic mass is 19.4. The molecule has 1 aliphatic heterocycles. The molecule has 1 amide bonds. The van der Waals surface area contributed by atoms with Crippen molar-refractivity contribution in [2.24, 2.45) is 4.99 Å². The van der Waals surface area contributed by atoms with E-state index in [0.717, 1.165) is 19.0 Å². The van der Waals surface area contributed by atoms with Gasteiger partial charge in [-0.25, -0.2) is 0 Å². The van der Waals surface area contributed by atoms with Gasteiger partial charge in [0.05, 0.1) is 5.56 Å². The molecule has 1 unspecified atom stereocenters. The zero-order valence-corrected chi connectivity index (χ0v) is 16.9. The number of hydrogen-bond donors (Lipinski definition) is 2. The van der Waals surface area contributed by atoms with Crippen molar-refractivity contribution in [3.63, 3.8) is 0 Å². The van der Waals surface area contributed by atoms with Gasteiger partial charge in [-0.2, -0.15) is 13.2 Å². The molecule has 1 aromatic rings. The fourth-order valence-electron chi connectivity index (χ4n) is 3.24. The lowest BCUT2D eigenvalue weighted by molar-refractivity contribution is -0.137. The van der Waals surface area contributed by atoms with Crippen molar-refractivity contribution in [2.45, 2.75) is 51.2 Å². The zero-order chi connectivity index (χ0) is 20.9. The van der Waals surface area contributed by atoms with Crippen LogP contribution in [0.1, 0.15) is 44.7 Å². The number of guanidine groups is 1. The summed E-state index contributed by atoms with van der Waals surface area (Å²) < 4.78 is 39.0. The third-order valence-electron chi connectivity index (χ3n) is 5.08. The van der Waals surface area contributed by atoms with Gasteiger partial charge in [0.15, 0.2) is 5.96 Å². The van der Waals surface area contributed by atoms with Crippen molar-refractivity contribution in [3.05, 3.63) is 35.4 Å². The second-order valence-corrected chi connectivity index (χ2v) is 7.71. The molecule has 1 aliphatic rings. The Balaban J connectivity index is 1.96. The second kappa shape index (κ2) is 8.84. The van der Waals surface area contributed by atoms with Gasteiger partial charge in [0, 0.05) is 44.6 Å². The SMILES string of the molecule is CCC(=O)N1CCC(NC(=NC)NCC(C)(C)c2cccc(C(F)(F)F)c2)C1. The number of likely N-dealkylation sites (tertiary alicyclic amines) is 1. The quantitative estimate of drug-likeness (QED) is 0.592. The molecule has 0 aromatic heterocycles. The molecule has 1 heterocycles. The summed E-state index contributed by atoms with van der Waals surface area (Å²) in [6.45, 7) is 7.39. The van der Waals surface area contributed by atoms with Crippen LogP contribution in [0, 0.1) is 0 Å². The minimum Gasteiger partial charge on any atom is -0.356 e. The predicted octanol–water partition coefficient (Wildman–Crippen LogP) is 3.16. The van der Waals surface area contributed by atoms with Crippen molar-refractivity contribution >= 4 is 11.9 Å². The van der Waals surface area contributed by atoms with Crippen LogP contribution in [0.5, 0.6) is 0 Å². The van der Waals surface area contributed by atoms with Gasteiger partial charge in [0.25, 0.3) is 0 Å². The number of carbonyl (C=O) groups excluding carboxylic acids is 1. The highest BCUT2D eigenvalue weighted by Gasteiger charge is 2.32. The van der Waals surface area contributed by atoms with Crippen LogP contribution in [0.3, 0.4) is 0 Å². The Morgan fingerprint density at radius 3 is 2.57 bits per heavy atom. The zero-order valence-electron chi connectivity index (χ0n) is 16.9. The number of nitrogens with zero attached hydrogens (tertiary/aromatic N) is 2. The molecule has 0 radical (unpaired) electrons. The summed E-state index contributed by atoms with van der Waals surface area (Å²) in [6, 6.07) is 5.53. The number of amides is 1. The third kappa shape index (κ3) is 5.62. The molecule has 1 saturated heterocycles. The lowest BCUT2D eigenvalue weighted by Gasteiger charge is -2.28. The van der Waals surface area contributed by atoms with Crippen molar-refractivity contribution in [2.75, 3.05) is 26.7 Å². The van der Waals surface area contributed by atoms with E-state index in [0.29, 0.717) is 31.0 Å². The fraction of sp³-hybridized carbons (Fsp3) is 0.600. The largest absolute Gasteiger partial charge is 0.416 e. The van der Waals surface area contributed by atoms with Crippen LogP contribution in [-0.4, -0.2) is 49.5 Å². The summed E-state index contributed by atoms with van der Waals surface area (Å²) in [6.07, 6.45) is -3.03. The maximum atomic E-state index is 13.0. The molecule has 5 nitrogen and oxygen atoms in total. The summed E-state index contributed by atoms with van der Waals surface area (Å²) in [4.78, 5) is 17.8. The van der Waals surface area contributed by atoms with Gasteiger partial charge in [-0.1, -0.05) is 39.0 Å². The molecule has 1 atom stereocenters. The van der Waals surface area contributed by atoms with E-state index in [4.69, 9.17) is 0 Å². The first-order valence-corrected chi connectivity index (χ1v) is 9.49. The number of benzene rings is 1. The van der Waals surface area contributed by atoms with Gasteiger partial charge in [0.2, 0.25) is 5.91 Å². The minimum atomic E-state index is -4.36. The normalized spacial score (nSPS) is 18.3. The van der Waals surface area contributed by atoms with Crippen LogP contribution in [-0.2, 0) is 16.4 Å². The van der Waals surface area contributed by atoms with Crippen LogP contribution in [0.15, 0.2) is 29.3 Å². The third-order valence-corrected chi connectivity index (χ3v) is 5.08. The molecule has 1 aromatic carbocycles. The number of alkyl halides is 3. The molecule has 8 heteroatoms. The average Bonchev–Trinajstić information content (AvgIpc) is 3.12. The van der Waals surface area contributed by atoms with Gasteiger partial charge < -0.3 is 15.5 Å². The highest BCUT2D eigenvalue weighted by Crippen LogP contribution is 2.32. The van der Waals surface area contributed by atoms with Gasteiger partial charge >= 0.3 is 6.18 Å². The topological polar surface area (TPSA) is 56.7 Å². The van der Waals surface area contributed by atoms with Gasteiger partial charge in [-0.05, 0) is 18.1 Å². The Morgan fingerprint density at radius 1 is 1.29 bits per heavy atom. The molecule has 2 N–H and O–H groups in total. The van der Waals surface area contributed by atoms with E-state index in [1.165, 1.54) is 12.1 Å². The second-order valence-electron chi connectivity index (χ2n) is 7.71. The Bertz CT molecular complexity index is 716. The van der Waals surface area contributed by atoms with Crippen molar-refractivity contribution < 1.29 is 18.0 Å². The first-order chi connectivity index (χ1) is 13.1. The van der Waals surface area contributed by atoms with E-state index in [1.807, 2.05) is 25.7 Å². The number of halogens is 3. The molecule has 1 fully saturated rings. The van der Waals surface area contributed by atoms with Crippen LogP contribution in [0.2, 0.25) is 0 Å². The van der Waals surface area contributed by atoms with Gasteiger partial charge in [0.1, 0.15) is 0 Å². The van der Waals surface area contributed by atoms with Gasteiger partial charge in [-0.15, -0.1) is 0 Å². The van der Waals surface area contributed by atoms with E-state index in [2.05, 4.69) is 15.6 Å². The molecular formula is C20H29F3N4O. The van der Waals surface area contributed by atoms with E-state index < -0.39 is 17.2 Å². The van der Waals surface area contributed by atoms with Crippen LogP contribution in [0.25, 0.3) is 0 Å². The van der Waals surface area contributed by atoms with Crippen LogP contribution in [0.4, 0.5) is 13.2 Å². The van der Waals surface area contributed by atoms with E-state index in [1.54, 1.807) is 13.1 Å². The highest BCUT2D eigenvalue weighted by molar-refractivity contribution is 5.80. The van der Waals surface area contributed by atoms with Crippen molar-refractivity contribution in [1.82, 2.24) is 15.5 Å². The number of nitrogens with one attached hydrogen (secondary N) is 2. The molecular weight excluding hydrogens is 369 g/mol. The molecule has 156 valence electrons. The molecule has 0 aliphatic carbocycles. The van der Waals surface area contributed by atoms with Gasteiger partial charge in [-0.3, -0.25) is 9.79 Å². The van der Waals surface area contributed by atoms with E-state index in [-0.39, 0.29) is 11.9 Å². The lowest BCUT2D eigenvalue weighted by atomic mass is 9.84. The summed E-state index contributed by atoms with van der Waals surface area (Å²) >= 11 is 0. The number of aliphatic imine (C=N–C) groups is 1. The Morgan fingerprint density at radius 2 is 1.96 bits per heavy atom. The number of hydrogen-bond acceptors (Lipinski definition) is 2. The van der Waals surface area contributed by atoms with Crippen LogP contribution >= 0.6 is 0 Å². The summed E-state index contributed by atoms with van der Waals surface area (Å²) in [7, 11) is 1.65. The molecule has 0 bridgehead atoms. The fourth-order valence-corrected chi connectivity index (χ4v) is 3.24. The van der Waals surface area contributed by atoms with E-state index >= 15 is 0 Å². The van der Waals surface area contributed by atoms with E-state index in [9.17, 15) is 18.0 Å². The molecule has 2 rings (SSSR count). The molecule has 28 heavy (non-hydrogen) atoms.